The number of oxazole rings is 1. The number of anilines is 1. The number of amides is 1. The molecule has 1 heterocycles. The average Bonchev–Trinajstić information content (AvgIpc) is 3.26. The third-order valence-electron chi connectivity index (χ3n) is 5.90. The Balaban J connectivity index is 1.42. The van der Waals surface area contributed by atoms with Crippen molar-refractivity contribution in [2.75, 3.05) is 11.9 Å². The van der Waals surface area contributed by atoms with E-state index in [0.717, 1.165) is 23.1 Å². The van der Waals surface area contributed by atoms with Crippen LogP contribution in [0.3, 0.4) is 0 Å². The summed E-state index contributed by atoms with van der Waals surface area (Å²) in [4.78, 5) is 17.1. The van der Waals surface area contributed by atoms with Crippen molar-refractivity contribution < 1.29 is 13.9 Å². The van der Waals surface area contributed by atoms with E-state index in [1.54, 1.807) is 0 Å². The molecular formula is C28H30N2O3. The highest BCUT2D eigenvalue weighted by molar-refractivity contribution is 5.92. The Kier molecular flexibility index (Phi) is 6.78. The molecule has 5 heteroatoms. The summed E-state index contributed by atoms with van der Waals surface area (Å²) in [5, 5.41) is 2.88. The van der Waals surface area contributed by atoms with Gasteiger partial charge in [-0.15, -0.1) is 0 Å². The minimum atomic E-state index is -0.226. The van der Waals surface area contributed by atoms with E-state index >= 15 is 0 Å². The van der Waals surface area contributed by atoms with Gasteiger partial charge in [0.15, 0.2) is 12.2 Å². The highest BCUT2D eigenvalue weighted by Crippen LogP contribution is 2.29. The lowest BCUT2D eigenvalue weighted by molar-refractivity contribution is -0.118. The van der Waals surface area contributed by atoms with Crippen LogP contribution in [0.15, 0.2) is 71.1 Å². The van der Waals surface area contributed by atoms with Crippen molar-refractivity contribution in [3.63, 3.8) is 0 Å². The molecule has 4 rings (SSSR count). The van der Waals surface area contributed by atoms with Gasteiger partial charge in [-0.2, -0.15) is 0 Å². The summed E-state index contributed by atoms with van der Waals surface area (Å²) in [5.74, 6) is 1.91. The number of ether oxygens (including phenoxy) is 1. The van der Waals surface area contributed by atoms with Crippen molar-refractivity contribution in [1.82, 2.24) is 4.98 Å². The Labute approximate surface area is 194 Å². The van der Waals surface area contributed by atoms with Crippen molar-refractivity contribution in [3.05, 3.63) is 77.9 Å². The van der Waals surface area contributed by atoms with Gasteiger partial charge in [0.05, 0.1) is 0 Å². The largest absolute Gasteiger partial charge is 0.484 e. The first kappa shape index (κ1) is 22.6. The lowest BCUT2D eigenvalue weighted by Crippen LogP contribution is -2.20. The Hall–Kier alpha value is -3.60. The summed E-state index contributed by atoms with van der Waals surface area (Å²) in [6.45, 7) is 8.60. The molecule has 170 valence electrons. The summed E-state index contributed by atoms with van der Waals surface area (Å²) in [5.41, 5.74) is 5.55. The predicted molar refractivity (Wildman–Crippen MR) is 133 cm³/mol. The molecule has 0 saturated carbocycles. The first-order valence-electron chi connectivity index (χ1n) is 11.5. The van der Waals surface area contributed by atoms with Crippen LogP contribution >= 0.6 is 0 Å². The van der Waals surface area contributed by atoms with Gasteiger partial charge in [-0.3, -0.25) is 4.79 Å². The van der Waals surface area contributed by atoms with Gasteiger partial charge in [0.1, 0.15) is 11.3 Å². The number of aromatic nitrogens is 1. The van der Waals surface area contributed by atoms with E-state index in [1.807, 2.05) is 54.6 Å². The van der Waals surface area contributed by atoms with Crippen LogP contribution in [0.4, 0.5) is 5.69 Å². The molecule has 5 nitrogen and oxygen atoms in total. The molecule has 0 fully saturated rings. The molecule has 1 aromatic heterocycles. The van der Waals surface area contributed by atoms with Gasteiger partial charge in [-0.1, -0.05) is 52.0 Å². The zero-order valence-corrected chi connectivity index (χ0v) is 19.6. The van der Waals surface area contributed by atoms with Gasteiger partial charge in [-0.25, -0.2) is 4.98 Å². The van der Waals surface area contributed by atoms with Crippen LogP contribution in [-0.2, 0) is 4.79 Å². The lowest BCUT2D eigenvalue weighted by Gasteiger charge is -2.10. The summed E-state index contributed by atoms with van der Waals surface area (Å²) < 4.78 is 11.6. The SMILES string of the molecule is CC[C@@H](C)c1ccc2oc(-c3cccc(NC(=O)COc4ccc(C(C)C)cc4)c3)nc2c1. The number of rotatable bonds is 8. The lowest BCUT2D eigenvalue weighted by atomic mass is 9.98. The van der Waals surface area contributed by atoms with Gasteiger partial charge in [0.2, 0.25) is 5.89 Å². The number of benzene rings is 3. The second-order valence-electron chi connectivity index (χ2n) is 8.70. The molecular weight excluding hydrogens is 412 g/mol. The molecule has 0 radical (unpaired) electrons. The first-order chi connectivity index (χ1) is 15.9. The van der Waals surface area contributed by atoms with Crippen LogP contribution in [0.25, 0.3) is 22.6 Å². The summed E-state index contributed by atoms with van der Waals surface area (Å²) >= 11 is 0. The number of carbonyl (C=O) groups is 1. The molecule has 0 spiro atoms. The standard InChI is InChI=1S/C28H30N2O3/c1-5-19(4)21-11-14-26-25(16-21)30-28(33-26)22-7-6-8-23(15-22)29-27(31)17-32-24-12-9-20(10-13-24)18(2)3/h6-16,18-19H,5,17H2,1-4H3,(H,29,31)/t19-/m1/s1. The van der Waals surface area contributed by atoms with E-state index in [4.69, 9.17) is 9.15 Å². The topological polar surface area (TPSA) is 64.4 Å². The van der Waals surface area contributed by atoms with Crippen LogP contribution < -0.4 is 10.1 Å². The molecule has 3 aromatic carbocycles. The summed E-state index contributed by atoms with van der Waals surface area (Å²) in [7, 11) is 0. The van der Waals surface area contributed by atoms with Crippen molar-refractivity contribution in [3.8, 4) is 17.2 Å². The van der Waals surface area contributed by atoms with Gasteiger partial charge < -0.3 is 14.5 Å². The zero-order valence-electron chi connectivity index (χ0n) is 19.6. The maximum Gasteiger partial charge on any atom is 0.262 e. The molecule has 0 aliphatic rings. The average molecular weight is 443 g/mol. The maximum atomic E-state index is 12.4. The fourth-order valence-corrected chi connectivity index (χ4v) is 3.64. The Morgan fingerprint density at radius 1 is 1.00 bits per heavy atom. The van der Waals surface area contributed by atoms with Crippen molar-refractivity contribution >= 4 is 22.7 Å². The summed E-state index contributed by atoms with van der Waals surface area (Å²) in [6, 6.07) is 21.5. The number of hydrogen-bond acceptors (Lipinski definition) is 4. The Morgan fingerprint density at radius 3 is 2.48 bits per heavy atom. The van der Waals surface area contributed by atoms with Gasteiger partial charge >= 0.3 is 0 Å². The molecule has 1 atom stereocenters. The normalized spacial score (nSPS) is 12.2. The highest BCUT2D eigenvalue weighted by Gasteiger charge is 2.12. The van der Waals surface area contributed by atoms with E-state index in [1.165, 1.54) is 11.1 Å². The fraction of sp³-hybridized carbons (Fsp3) is 0.286. The van der Waals surface area contributed by atoms with Crippen LogP contribution in [0, 0.1) is 0 Å². The number of nitrogens with one attached hydrogen (secondary N) is 1. The molecule has 0 unspecified atom stereocenters. The van der Waals surface area contributed by atoms with Crippen LogP contribution in [-0.4, -0.2) is 17.5 Å². The van der Waals surface area contributed by atoms with E-state index in [-0.39, 0.29) is 12.5 Å². The molecule has 0 aliphatic heterocycles. The van der Waals surface area contributed by atoms with Crippen LogP contribution in [0.2, 0.25) is 0 Å². The van der Waals surface area contributed by atoms with Crippen molar-refractivity contribution in [2.24, 2.45) is 0 Å². The minimum absolute atomic E-state index is 0.0630. The van der Waals surface area contributed by atoms with E-state index in [9.17, 15) is 4.79 Å². The van der Waals surface area contributed by atoms with E-state index < -0.39 is 0 Å². The third kappa shape index (κ3) is 5.43. The van der Waals surface area contributed by atoms with Gasteiger partial charge in [0, 0.05) is 11.3 Å². The second kappa shape index (κ2) is 9.90. The monoisotopic (exact) mass is 442 g/mol. The van der Waals surface area contributed by atoms with Crippen LogP contribution in [0.5, 0.6) is 5.75 Å². The smallest absolute Gasteiger partial charge is 0.262 e. The number of nitrogens with zero attached hydrogens (tertiary/aromatic N) is 1. The first-order valence-corrected chi connectivity index (χ1v) is 11.5. The molecule has 0 saturated heterocycles. The maximum absolute atomic E-state index is 12.4. The van der Waals surface area contributed by atoms with Crippen LogP contribution in [0.1, 0.15) is 57.1 Å². The fourth-order valence-electron chi connectivity index (χ4n) is 3.64. The predicted octanol–water partition coefficient (Wildman–Crippen LogP) is 7.15. The molecule has 4 aromatic rings. The Bertz CT molecular complexity index is 1240. The third-order valence-corrected chi connectivity index (χ3v) is 5.90. The highest BCUT2D eigenvalue weighted by atomic mass is 16.5. The van der Waals surface area contributed by atoms with Gasteiger partial charge in [-0.05, 0) is 71.8 Å². The molecule has 1 N–H and O–H groups in total. The molecule has 0 bridgehead atoms. The zero-order chi connectivity index (χ0) is 23.4. The molecule has 33 heavy (non-hydrogen) atoms. The van der Waals surface area contributed by atoms with Crippen molar-refractivity contribution in [2.45, 2.75) is 46.0 Å². The van der Waals surface area contributed by atoms with E-state index in [2.05, 4.69) is 50.1 Å². The molecule has 1 amide bonds. The minimum Gasteiger partial charge on any atom is -0.484 e. The number of fused-ring (bicyclic) bond motifs is 1. The Morgan fingerprint density at radius 2 is 1.76 bits per heavy atom. The van der Waals surface area contributed by atoms with Gasteiger partial charge in [0.25, 0.3) is 5.91 Å². The number of hydrogen-bond donors (Lipinski definition) is 1. The molecule has 0 aliphatic carbocycles. The quantitative estimate of drug-likeness (QED) is 0.315. The number of carbonyl (C=O) groups excluding carboxylic acids is 1. The van der Waals surface area contributed by atoms with Crippen molar-refractivity contribution in [1.29, 1.82) is 0 Å². The van der Waals surface area contributed by atoms with E-state index in [0.29, 0.717) is 29.2 Å². The second-order valence-corrected chi connectivity index (χ2v) is 8.70. The summed E-state index contributed by atoms with van der Waals surface area (Å²) in [6.07, 6.45) is 1.07.